The molecule has 5 nitrogen and oxygen atoms in total. The van der Waals surface area contributed by atoms with Crippen molar-refractivity contribution >= 4 is 44.2 Å². The van der Waals surface area contributed by atoms with Gasteiger partial charge < -0.3 is 4.57 Å². The van der Waals surface area contributed by atoms with Crippen LogP contribution in [-0.4, -0.2) is 22.0 Å². The number of fused-ring (bicyclic) bond motifs is 1. The number of pyridine rings is 1. The normalized spacial score (nSPS) is 11.7. The van der Waals surface area contributed by atoms with Gasteiger partial charge in [-0.25, -0.2) is 4.98 Å². The molecule has 0 aliphatic carbocycles. The SMILES string of the molecule is CCN(C(=O)Cn1cc(C(F)(F)F)cc(Cl)c1=O)c1nc2ccccc2s1. The highest BCUT2D eigenvalue weighted by molar-refractivity contribution is 7.22. The van der Waals surface area contributed by atoms with Gasteiger partial charge in [-0.05, 0) is 25.1 Å². The number of hydrogen-bond acceptors (Lipinski definition) is 4. The van der Waals surface area contributed by atoms with Gasteiger partial charge in [0.15, 0.2) is 5.13 Å². The average molecular weight is 416 g/mol. The molecule has 0 aliphatic rings. The van der Waals surface area contributed by atoms with Crippen molar-refractivity contribution in [2.75, 3.05) is 11.4 Å². The van der Waals surface area contributed by atoms with Gasteiger partial charge in [0, 0.05) is 12.7 Å². The zero-order chi connectivity index (χ0) is 19.8. The molecule has 0 unspecified atom stereocenters. The van der Waals surface area contributed by atoms with Crippen LogP contribution in [0.5, 0.6) is 0 Å². The van der Waals surface area contributed by atoms with E-state index >= 15 is 0 Å². The fraction of sp³-hybridized carbons (Fsp3) is 0.235. The number of benzene rings is 1. The summed E-state index contributed by atoms with van der Waals surface area (Å²) in [5.41, 5.74) is -1.25. The van der Waals surface area contributed by atoms with Crippen LogP contribution in [0.1, 0.15) is 12.5 Å². The molecule has 3 rings (SSSR count). The molecule has 0 saturated carbocycles. The molecule has 0 aliphatic heterocycles. The summed E-state index contributed by atoms with van der Waals surface area (Å²) in [7, 11) is 0. The standard InChI is InChI=1S/C17H13ClF3N3O2S/c1-2-24(16-22-12-5-3-4-6-13(12)27-16)14(25)9-23-8-10(17(19,20)21)7-11(18)15(23)26/h3-8H,2,9H2,1H3. The third-order valence-electron chi connectivity index (χ3n) is 3.81. The zero-order valence-electron chi connectivity index (χ0n) is 14.0. The molecule has 0 N–H and O–H groups in total. The van der Waals surface area contributed by atoms with Gasteiger partial charge >= 0.3 is 6.18 Å². The van der Waals surface area contributed by atoms with Crippen LogP contribution in [0.25, 0.3) is 10.2 Å². The van der Waals surface area contributed by atoms with E-state index < -0.39 is 34.8 Å². The molecule has 1 aromatic carbocycles. The Labute approximate surface area is 160 Å². The first kappa shape index (κ1) is 19.4. The minimum atomic E-state index is -4.68. The molecule has 0 spiro atoms. The van der Waals surface area contributed by atoms with E-state index in [9.17, 15) is 22.8 Å². The average Bonchev–Trinajstić information content (AvgIpc) is 3.02. The lowest BCUT2D eigenvalue weighted by molar-refractivity contribution is -0.138. The van der Waals surface area contributed by atoms with Crippen molar-refractivity contribution in [1.82, 2.24) is 9.55 Å². The number of nitrogens with zero attached hydrogens (tertiary/aromatic N) is 3. The van der Waals surface area contributed by atoms with Gasteiger partial charge in [0.1, 0.15) is 11.6 Å². The minimum Gasteiger partial charge on any atom is -0.304 e. The Morgan fingerprint density at radius 1 is 1.33 bits per heavy atom. The molecule has 0 saturated heterocycles. The van der Waals surface area contributed by atoms with Crippen LogP contribution in [-0.2, 0) is 17.5 Å². The van der Waals surface area contributed by atoms with E-state index in [-0.39, 0.29) is 6.54 Å². The quantitative estimate of drug-likeness (QED) is 0.642. The Morgan fingerprint density at radius 3 is 2.67 bits per heavy atom. The Balaban J connectivity index is 1.93. The number of thiazole rings is 1. The summed E-state index contributed by atoms with van der Waals surface area (Å²) in [6.07, 6.45) is -4.09. The van der Waals surface area contributed by atoms with E-state index in [1.165, 1.54) is 16.2 Å². The second kappa shape index (κ2) is 7.32. The molecule has 142 valence electrons. The lowest BCUT2D eigenvalue weighted by atomic mass is 10.2. The van der Waals surface area contributed by atoms with Gasteiger partial charge in [-0.3, -0.25) is 14.5 Å². The maximum atomic E-state index is 12.9. The van der Waals surface area contributed by atoms with Crippen molar-refractivity contribution in [3.05, 3.63) is 57.5 Å². The monoisotopic (exact) mass is 415 g/mol. The predicted octanol–water partition coefficient (Wildman–Crippen LogP) is 4.18. The zero-order valence-corrected chi connectivity index (χ0v) is 15.5. The highest BCUT2D eigenvalue weighted by Gasteiger charge is 2.32. The summed E-state index contributed by atoms with van der Waals surface area (Å²) < 4.78 is 40.4. The Bertz CT molecular complexity index is 1030. The number of anilines is 1. The van der Waals surface area contributed by atoms with E-state index in [0.29, 0.717) is 27.5 Å². The third kappa shape index (κ3) is 3.98. The van der Waals surface area contributed by atoms with Gasteiger partial charge in [0.05, 0.1) is 15.8 Å². The molecule has 27 heavy (non-hydrogen) atoms. The number of halogens is 4. The van der Waals surface area contributed by atoms with Crippen LogP contribution in [0.4, 0.5) is 18.3 Å². The Kier molecular flexibility index (Phi) is 5.25. The van der Waals surface area contributed by atoms with Gasteiger partial charge in [-0.1, -0.05) is 35.1 Å². The Hall–Kier alpha value is -2.39. The van der Waals surface area contributed by atoms with Crippen molar-refractivity contribution in [2.24, 2.45) is 0 Å². The maximum absolute atomic E-state index is 12.9. The van der Waals surface area contributed by atoms with E-state index in [0.717, 1.165) is 4.70 Å². The van der Waals surface area contributed by atoms with Gasteiger partial charge in [-0.2, -0.15) is 13.2 Å². The van der Waals surface area contributed by atoms with Crippen LogP contribution in [0.2, 0.25) is 5.02 Å². The highest BCUT2D eigenvalue weighted by atomic mass is 35.5. The molecule has 0 fully saturated rings. The van der Waals surface area contributed by atoms with Crippen LogP contribution in [0.15, 0.2) is 41.3 Å². The van der Waals surface area contributed by atoms with Crippen LogP contribution in [0, 0.1) is 0 Å². The fourth-order valence-corrected chi connectivity index (χ4v) is 3.77. The third-order valence-corrected chi connectivity index (χ3v) is 5.14. The largest absolute Gasteiger partial charge is 0.417 e. The minimum absolute atomic E-state index is 0.250. The van der Waals surface area contributed by atoms with E-state index in [4.69, 9.17) is 11.6 Å². The molecule has 3 aromatic rings. The van der Waals surface area contributed by atoms with Crippen molar-refractivity contribution in [3.8, 4) is 0 Å². The molecular weight excluding hydrogens is 403 g/mol. The van der Waals surface area contributed by atoms with Crippen molar-refractivity contribution in [2.45, 2.75) is 19.6 Å². The molecule has 10 heteroatoms. The second-order valence-electron chi connectivity index (χ2n) is 5.61. The van der Waals surface area contributed by atoms with E-state index in [2.05, 4.69) is 4.98 Å². The number of hydrogen-bond donors (Lipinski definition) is 0. The fourth-order valence-electron chi connectivity index (χ4n) is 2.50. The summed E-state index contributed by atoms with van der Waals surface area (Å²) >= 11 is 6.91. The lowest BCUT2D eigenvalue weighted by Gasteiger charge is -2.19. The highest BCUT2D eigenvalue weighted by Crippen LogP contribution is 2.30. The van der Waals surface area contributed by atoms with Gasteiger partial charge in [0.2, 0.25) is 5.91 Å². The van der Waals surface area contributed by atoms with Crippen LogP contribution >= 0.6 is 22.9 Å². The van der Waals surface area contributed by atoms with Crippen molar-refractivity contribution in [3.63, 3.8) is 0 Å². The van der Waals surface area contributed by atoms with Gasteiger partial charge in [0.25, 0.3) is 5.56 Å². The molecule has 1 amide bonds. The topological polar surface area (TPSA) is 55.2 Å². The predicted molar refractivity (Wildman–Crippen MR) is 98.4 cm³/mol. The number of amides is 1. The molecule has 0 radical (unpaired) electrons. The summed E-state index contributed by atoms with van der Waals surface area (Å²) in [4.78, 5) is 30.4. The van der Waals surface area contributed by atoms with Gasteiger partial charge in [-0.15, -0.1) is 0 Å². The molecule has 0 atom stereocenters. The summed E-state index contributed by atoms with van der Waals surface area (Å²) in [6, 6.07) is 7.85. The van der Waals surface area contributed by atoms with E-state index in [1.54, 1.807) is 13.0 Å². The summed E-state index contributed by atoms with van der Waals surface area (Å²) in [5, 5.41) is -0.185. The number of para-hydroxylation sites is 1. The van der Waals surface area contributed by atoms with Crippen LogP contribution in [0.3, 0.4) is 0 Å². The number of aromatic nitrogens is 2. The number of alkyl halides is 3. The summed E-state index contributed by atoms with van der Waals surface area (Å²) in [5.74, 6) is -0.561. The molecular formula is C17H13ClF3N3O2S. The lowest BCUT2D eigenvalue weighted by Crippen LogP contribution is -2.36. The maximum Gasteiger partial charge on any atom is 0.417 e. The first-order valence-corrected chi connectivity index (χ1v) is 9.03. The Morgan fingerprint density at radius 2 is 2.04 bits per heavy atom. The van der Waals surface area contributed by atoms with Crippen molar-refractivity contribution in [1.29, 1.82) is 0 Å². The van der Waals surface area contributed by atoms with E-state index in [1.807, 2.05) is 18.2 Å². The second-order valence-corrected chi connectivity index (χ2v) is 7.03. The smallest absolute Gasteiger partial charge is 0.304 e. The van der Waals surface area contributed by atoms with Crippen molar-refractivity contribution < 1.29 is 18.0 Å². The first-order valence-electron chi connectivity index (χ1n) is 7.84. The number of likely N-dealkylation sites (N-methyl/N-ethyl adjacent to an activating group) is 1. The number of carbonyl (C=O) groups is 1. The van der Waals surface area contributed by atoms with Crippen LogP contribution < -0.4 is 10.5 Å². The molecule has 2 aromatic heterocycles. The molecule has 2 heterocycles. The first-order chi connectivity index (χ1) is 12.7. The summed E-state index contributed by atoms with van der Waals surface area (Å²) in [6.45, 7) is 1.39. The molecule has 0 bridgehead atoms. The number of rotatable bonds is 4. The number of carbonyl (C=O) groups excluding carboxylic acids is 1.